The van der Waals surface area contributed by atoms with Crippen LogP contribution in [-0.4, -0.2) is 17.6 Å². The molecule has 0 saturated heterocycles. The monoisotopic (exact) mass is 213 g/mol. The molecule has 0 atom stereocenters. The first-order valence-corrected chi connectivity index (χ1v) is 5.68. The maximum atomic E-state index is 10.7. The molecule has 3 nitrogen and oxygen atoms in total. The molecule has 0 fully saturated rings. The fourth-order valence-electron chi connectivity index (χ4n) is 1.21. The molecule has 0 aliphatic rings. The standard InChI is InChI=1S/C10H15NO2S/c1-2-3-4-6-11-8-5-7-14-9(8)10(12)13/h5,7,11H,2-4,6H2,1H3,(H,12,13). The van der Waals surface area contributed by atoms with Gasteiger partial charge in [-0.1, -0.05) is 19.8 Å². The van der Waals surface area contributed by atoms with Gasteiger partial charge in [0.15, 0.2) is 0 Å². The average molecular weight is 213 g/mol. The first-order valence-electron chi connectivity index (χ1n) is 4.80. The minimum Gasteiger partial charge on any atom is -0.477 e. The molecule has 0 bridgehead atoms. The van der Waals surface area contributed by atoms with Crippen molar-refractivity contribution in [3.05, 3.63) is 16.3 Å². The van der Waals surface area contributed by atoms with Crippen LogP contribution in [-0.2, 0) is 0 Å². The van der Waals surface area contributed by atoms with E-state index in [0.717, 1.165) is 18.7 Å². The Morgan fingerprint density at radius 2 is 2.36 bits per heavy atom. The van der Waals surface area contributed by atoms with Crippen molar-refractivity contribution in [2.45, 2.75) is 26.2 Å². The molecule has 1 aromatic rings. The Hall–Kier alpha value is -1.03. The SMILES string of the molecule is CCCCCNc1ccsc1C(=O)O. The molecular weight excluding hydrogens is 198 g/mol. The molecule has 0 aliphatic carbocycles. The molecule has 1 rings (SSSR count). The first-order chi connectivity index (χ1) is 6.75. The van der Waals surface area contributed by atoms with Crippen LogP contribution >= 0.6 is 11.3 Å². The second-order valence-electron chi connectivity index (χ2n) is 3.10. The molecule has 0 aromatic carbocycles. The van der Waals surface area contributed by atoms with Gasteiger partial charge in [-0.15, -0.1) is 11.3 Å². The highest BCUT2D eigenvalue weighted by atomic mass is 32.1. The van der Waals surface area contributed by atoms with Crippen molar-refractivity contribution < 1.29 is 9.90 Å². The molecule has 4 heteroatoms. The topological polar surface area (TPSA) is 49.3 Å². The van der Waals surface area contributed by atoms with E-state index in [1.807, 2.05) is 6.07 Å². The van der Waals surface area contributed by atoms with E-state index in [-0.39, 0.29) is 0 Å². The molecule has 1 aromatic heterocycles. The number of hydrogen-bond acceptors (Lipinski definition) is 3. The molecule has 78 valence electrons. The zero-order chi connectivity index (χ0) is 10.4. The molecule has 0 unspecified atom stereocenters. The van der Waals surface area contributed by atoms with Crippen LogP contribution in [0.15, 0.2) is 11.4 Å². The van der Waals surface area contributed by atoms with Crippen LogP contribution < -0.4 is 5.32 Å². The lowest BCUT2D eigenvalue weighted by Gasteiger charge is -2.04. The summed E-state index contributed by atoms with van der Waals surface area (Å²) in [6.07, 6.45) is 3.45. The molecular formula is C10H15NO2S. The number of anilines is 1. The Balaban J connectivity index is 2.42. The first kappa shape index (κ1) is 11.0. The van der Waals surface area contributed by atoms with E-state index in [1.165, 1.54) is 24.2 Å². The zero-order valence-corrected chi connectivity index (χ0v) is 9.06. The van der Waals surface area contributed by atoms with Crippen LogP contribution in [0.5, 0.6) is 0 Å². The number of carbonyl (C=O) groups is 1. The van der Waals surface area contributed by atoms with Crippen LogP contribution in [0.25, 0.3) is 0 Å². The summed E-state index contributed by atoms with van der Waals surface area (Å²) in [6.45, 7) is 3.00. The second-order valence-corrected chi connectivity index (χ2v) is 4.02. The van der Waals surface area contributed by atoms with Gasteiger partial charge >= 0.3 is 5.97 Å². The summed E-state index contributed by atoms with van der Waals surface area (Å²) in [5.41, 5.74) is 0.749. The summed E-state index contributed by atoms with van der Waals surface area (Å²) in [7, 11) is 0. The number of aromatic carboxylic acids is 1. The van der Waals surface area contributed by atoms with Crippen LogP contribution in [0.2, 0.25) is 0 Å². The minimum atomic E-state index is -0.849. The Bertz CT molecular complexity index is 296. The maximum absolute atomic E-state index is 10.7. The van der Waals surface area contributed by atoms with E-state index < -0.39 is 5.97 Å². The fraction of sp³-hybridized carbons (Fsp3) is 0.500. The van der Waals surface area contributed by atoms with Crippen LogP contribution in [0, 0.1) is 0 Å². The lowest BCUT2D eigenvalue weighted by molar-refractivity contribution is 0.0703. The minimum absolute atomic E-state index is 0.404. The van der Waals surface area contributed by atoms with E-state index in [0.29, 0.717) is 4.88 Å². The lowest BCUT2D eigenvalue weighted by atomic mass is 10.2. The van der Waals surface area contributed by atoms with Crippen molar-refractivity contribution in [2.24, 2.45) is 0 Å². The number of carboxylic acids is 1. The van der Waals surface area contributed by atoms with E-state index in [1.54, 1.807) is 5.38 Å². The van der Waals surface area contributed by atoms with E-state index >= 15 is 0 Å². The van der Waals surface area contributed by atoms with Gasteiger partial charge in [-0.25, -0.2) is 4.79 Å². The molecule has 14 heavy (non-hydrogen) atoms. The molecule has 0 saturated carbocycles. The largest absolute Gasteiger partial charge is 0.477 e. The normalized spacial score (nSPS) is 10.1. The summed E-state index contributed by atoms with van der Waals surface area (Å²) < 4.78 is 0. The van der Waals surface area contributed by atoms with Gasteiger partial charge in [-0.2, -0.15) is 0 Å². The summed E-state index contributed by atoms with van der Waals surface area (Å²) in [6, 6.07) is 1.82. The third kappa shape index (κ3) is 3.03. The molecule has 0 amide bonds. The number of nitrogens with one attached hydrogen (secondary N) is 1. The third-order valence-corrected chi connectivity index (χ3v) is 2.86. The Labute approximate surface area is 87.8 Å². The van der Waals surface area contributed by atoms with Gasteiger partial charge in [0.05, 0.1) is 5.69 Å². The summed E-state index contributed by atoms with van der Waals surface area (Å²) >= 11 is 1.26. The number of carboxylic acid groups (broad SMARTS) is 1. The zero-order valence-electron chi connectivity index (χ0n) is 8.25. The lowest BCUT2D eigenvalue weighted by Crippen LogP contribution is -2.04. The molecule has 1 heterocycles. The second kappa shape index (κ2) is 5.65. The van der Waals surface area contributed by atoms with Gasteiger partial charge in [-0.05, 0) is 17.9 Å². The highest BCUT2D eigenvalue weighted by Crippen LogP contribution is 2.21. The maximum Gasteiger partial charge on any atom is 0.348 e. The summed E-state index contributed by atoms with van der Waals surface area (Å²) in [5, 5.41) is 13.8. The highest BCUT2D eigenvalue weighted by molar-refractivity contribution is 7.12. The molecule has 2 N–H and O–H groups in total. The Morgan fingerprint density at radius 3 is 3.00 bits per heavy atom. The Morgan fingerprint density at radius 1 is 1.57 bits per heavy atom. The third-order valence-electron chi connectivity index (χ3n) is 1.96. The van der Waals surface area contributed by atoms with Crippen molar-refractivity contribution in [3.63, 3.8) is 0 Å². The number of hydrogen-bond donors (Lipinski definition) is 2. The molecule has 0 aliphatic heterocycles. The van der Waals surface area contributed by atoms with Gasteiger partial charge in [0.2, 0.25) is 0 Å². The van der Waals surface area contributed by atoms with Gasteiger partial charge in [0.1, 0.15) is 4.88 Å². The average Bonchev–Trinajstić information content (AvgIpc) is 2.60. The van der Waals surface area contributed by atoms with Gasteiger partial charge < -0.3 is 10.4 Å². The van der Waals surface area contributed by atoms with Crippen LogP contribution in [0.1, 0.15) is 35.9 Å². The smallest absolute Gasteiger partial charge is 0.348 e. The van der Waals surface area contributed by atoms with E-state index in [4.69, 9.17) is 5.11 Å². The van der Waals surface area contributed by atoms with Gasteiger partial charge in [0.25, 0.3) is 0 Å². The summed E-state index contributed by atoms with van der Waals surface area (Å²) in [4.78, 5) is 11.1. The number of rotatable bonds is 6. The van der Waals surface area contributed by atoms with Crippen molar-refractivity contribution in [1.29, 1.82) is 0 Å². The fourth-order valence-corrected chi connectivity index (χ4v) is 1.92. The van der Waals surface area contributed by atoms with Crippen molar-refractivity contribution in [1.82, 2.24) is 0 Å². The van der Waals surface area contributed by atoms with Crippen LogP contribution in [0.4, 0.5) is 5.69 Å². The van der Waals surface area contributed by atoms with Crippen LogP contribution in [0.3, 0.4) is 0 Å². The molecule has 0 spiro atoms. The predicted molar refractivity (Wildman–Crippen MR) is 59.3 cm³/mol. The number of unbranched alkanes of at least 4 members (excludes halogenated alkanes) is 2. The van der Waals surface area contributed by atoms with Crippen molar-refractivity contribution in [3.8, 4) is 0 Å². The summed E-state index contributed by atoms with van der Waals surface area (Å²) in [5.74, 6) is -0.849. The van der Waals surface area contributed by atoms with E-state index in [2.05, 4.69) is 12.2 Å². The predicted octanol–water partition coefficient (Wildman–Crippen LogP) is 3.05. The van der Waals surface area contributed by atoms with Crippen molar-refractivity contribution in [2.75, 3.05) is 11.9 Å². The Kier molecular flexibility index (Phi) is 4.46. The quantitative estimate of drug-likeness (QED) is 0.714. The number of thiophene rings is 1. The van der Waals surface area contributed by atoms with Gasteiger partial charge in [-0.3, -0.25) is 0 Å². The molecule has 0 radical (unpaired) electrons. The van der Waals surface area contributed by atoms with Crippen molar-refractivity contribution >= 4 is 23.0 Å². The van der Waals surface area contributed by atoms with Gasteiger partial charge in [0, 0.05) is 6.54 Å². The van der Waals surface area contributed by atoms with E-state index in [9.17, 15) is 4.79 Å². The highest BCUT2D eigenvalue weighted by Gasteiger charge is 2.10.